The first-order valence-corrected chi connectivity index (χ1v) is 12.8. The van der Waals surface area contributed by atoms with Crippen molar-refractivity contribution in [3.05, 3.63) is 63.7 Å². The zero-order valence-electron chi connectivity index (χ0n) is 21.9. The number of nitrogens with one attached hydrogen (secondary N) is 2. The van der Waals surface area contributed by atoms with Crippen LogP contribution in [0.2, 0.25) is 0 Å². The molecule has 1 aliphatic heterocycles. The van der Waals surface area contributed by atoms with Gasteiger partial charge in [0.15, 0.2) is 0 Å². The average molecular weight is 570 g/mol. The molecule has 0 saturated carbocycles. The highest BCUT2D eigenvalue weighted by molar-refractivity contribution is 5.91. The van der Waals surface area contributed by atoms with Crippen molar-refractivity contribution in [1.82, 2.24) is 4.90 Å². The van der Waals surface area contributed by atoms with Crippen LogP contribution in [0, 0.1) is 10.9 Å². The van der Waals surface area contributed by atoms with Crippen LogP contribution in [0.4, 0.5) is 36.8 Å². The first-order chi connectivity index (χ1) is 18.7. The van der Waals surface area contributed by atoms with Gasteiger partial charge in [0, 0.05) is 13.1 Å². The van der Waals surface area contributed by atoms with E-state index in [2.05, 4.69) is 5.11 Å². The molecule has 0 radical (unpaired) electrons. The van der Waals surface area contributed by atoms with E-state index < -0.39 is 48.1 Å². The van der Waals surface area contributed by atoms with Crippen LogP contribution in [0.5, 0.6) is 0 Å². The number of carbonyl (C=O) groups is 1. The molecule has 1 unspecified atom stereocenters. The van der Waals surface area contributed by atoms with Gasteiger partial charge in [-0.25, -0.2) is 10.3 Å². The van der Waals surface area contributed by atoms with E-state index in [1.807, 2.05) is 6.07 Å². The number of hydrogen-bond donors (Lipinski definition) is 2. The number of nitrogens with zero attached hydrogens (tertiary/aromatic N) is 3. The molecule has 0 fully saturated rings. The van der Waals surface area contributed by atoms with Gasteiger partial charge >= 0.3 is 18.4 Å². The van der Waals surface area contributed by atoms with Gasteiger partial charge in [-0.2, -0.15) is 26.3 Å². The average Bonchev–Trinajstić information content (AvgIpc) is 3.26. The van der Waals surface area contributed by atoms with Crippen LogP contribution in [-0.4, -0.2) is 29.6 Å². The van der Waals surface area contributed by atoms with Crippen molar-refractivity contribution in [2.45, 2.75) is 77.0 Å². The van der Waals surface area contributed by atoms with Crippen molar-refractivity contribution in [2.24, 2.45) is 5.11 Å². The Morgan fingerprint density at radius 3 is 2.30 bits per heavy atom. The molecule has 2 aromatic rings. The van der Waals surface area contributed by atoms with Crippen molar-refractivity contribution in [3.63, 3.8) is 0 Å². The lowest BCUT2D eigenvalue weighted by Crippen LogP contribution is -2.35. The van der Waals surface area contributed by atoms with E-state index >= 15 is 0 Å². The number of fused-ring (bicyclic) bond motifs is 3. The van der Waals surface area contributed by atoms with E-state index in [4.69, 9.17) is 15.7 Å². The van der Waals surface area contributed by atoms with Crippen LogP contribution in [0.25, 0.3) is 0 Å². The Labute approximate surface area is 227 Å². The lowest BCUT2D eigenvalue weighted by Gasteiger charge is -2.33. The van der Waals surface area contributed by atoms with Crippen LogP contribution in [0.3, 0.4) is 0 Å². The van der Waals surface area contributed by atoms with Gasteiger partial charge in [0.1, 0.15) is 0 Å². The number of amides is 1. The molecule has 13 heteroatoms. The smallest absolute Gasteiger partial charge is 0.416 e. The Morgan fingerprint density at radius 2 is 1.73 bits per heavy atom. The zero-order valence-corrected chi connectivity index (χ0v) is 21.9. The van der Waals surface area contributed by atoms with Gasteiger partial charge in [-0.05, 0) is 86.4 Å². The zero-order chi connectivity index (χ0) is 29.4. The van der Waals surface area contributed by atoms with Crippen molar-refractivity contribution in [1.29, 1.82) is 10.9 Å². The van der Waals surface area contributed by atoms with Gasteiger partial charge in [-0.1, -0.05) is 12.1 Å². The number of alkyl halides is 6. The third-order valence-corrected chi connectivity index (χ3v) is 7.08. The van der Waals surface area contributed by atoms with Gasteiger partial charge in [-0.15, -0.1) is 5.11 Å². The number of hydrogen-bond acceptors (Lipinski definition) is 4. The third kappa shape index (κ3) is 6.07. The fraction of sp³-hybridized carbons (Fsp3) is 0.481. The summed E-state index contributed by atoms with van der Waals surface area (Å²) >= 11 is 0. The van der Waals surface area contributed by atoms with Crippen molar-refractivity contribution in [3.8, 4) is 0 Å². The van der Waals surface area contributed by atoms with Crippen LogP contribution < -0.4 is 4.90 Å². The largest absolute Gasteiger partial charge is 0.446 e. The van der Waals surface area contributed by atoms with Gasteiger partial charge in [-0.3, -0.25) is 10.3 Å². The summed E-state index contributed by atoms with van der Waals surface area (Å²) in [6.07, 6.45) is -7.96. The fourth-order valence-electron chi connectivity index (χ4n) is 5.44. The number of guanidine groups is 1. The number of rotatable bonds is 4. The molecule has 1 aliphatic carbocycles. The molecule has 0 bridgehead atoms. The van der Waals surface area contributed by atoms with E-state index in [0.717, 1.165) is 24.0 Å². The van der Waals surface area contributed by atoms with E-state index in [-0.39, 0.29) is 24.3 Å². The molecule has 40 heavy (non-hydrogen) atoms. The molecule has 2 aromatic carbocycles. The van der Waals surface area contributed by atoms with Crippen molar-refractivity contribution < 1.29 is 35.9 Å². The summed E-state index contributed by atoms with van der Waals surface area (Å²) in [5.74, 6) is -0.624. The number of ether oxygens (including phenoxy) is 1. The highest BCUT2D eigenvalue weighted by Gasteiger charge is 2.39. The molecule has 1 amide bonds. The number of aryl methyl sites for hydroxylation is 1. The quantitative estimate of drug-likeness (QED) is 0.170. The molecule has 1 heterocycles. The van der Waals surface area contributed by atoms with Crippen molar-refractivity contribution in [2.75, 3.05) is 11.4 Å². The second-order valence-corrected chi connectivity index (χ2v) is 10.2. The summed E-state index contributed by atoms with van der Waals surface area (Å²) in [7, 11) is 0. The molecule has 2 N–H and O–H groups in total. The fourth-order valence-corrected chi connectivity index (χ4v) is 5.44. The predicted molar refractivity (Wildman–Crippen MR) is 134 cm³/mol. The summed E-state index contributed by atoms with van der Waals surface area (Å²) in [6.45, 7) is 3.17. The second kappa shape index (κ2) is 11.1. The van der Waals surface area contributed by atoms with Gasteiger partial charge in [0.25, 0.3) is 0 Å². The minimum absolute atomic E-state index is 0.0521. The number of halogens is 6. The van der Waals surface area contributed by atoms with Crippen LogP contribution in [0.1, 0.15) is 72.5 Å². The van der Waals surface area contributed by atoms with Crippen LogP contribution in [-0.2, 0) is 36.5 Å². The second-order valence-electron chi connectivity index (χ2n) is 10.2. The maximum atomic E-state index is 13.5. The Bertz CT molecular complexity index is 1280. The van der Waals surface area contributed by atoms with E-state index in [1.54, 1.807) is 19.9 Å². The molecular weight excluding hydrogens is 540 g/mol. The predicted octanol–water partition coefficient (Wildman–Crippen LogP) is 7.87. The molecule has 7 nitrogen and oxygen atoms in total. The minimum Gasteiger partial charge on any atom is -0.446 e. The molecule has 0 aromatic heterocycles. The minimum atomic E-state index is -5.03. The Hall–Kier alpha value is -3.64. The Balaban J connectivity index is 1.83. The molecule has 1 atom stereocenters. The third-order valence-electron chi connectivity index (χ3n) is 7.08. The topological polar surface area (TPSA) is 92.8 Å². The SMILES string of the molecule is CC(C)OC(=O)N1CCCC(N(Cc2cc(C(F)(F)F)cc(C(F)(F)F)c2)C(=N)N=N)c2ccc3c(c21)CCC3. The molecule has 0 spiro atoms. The van der Waals surface area contributed by atoms with Gasteiger partial charge in [0.05, 0.1) is 29.0 Å². The van der Waals surface area contributed by atoms with E-state index in [9.17, 15) is 31.1 Å². The van der Waals surface area contributed by atoms with Gasteiger partial charge < -0.3 is 9.64 Å². The van der Waals surface area contributed by atoms with Crippen molar-refractivity contribution >= 4 is 17.7 Å². The summed E-state index contributed by atoms with van der Waals surface area (Å²) in [5.41, 5.74) is 7.34. The van der Waals surface area contributed by atoms with Gasteiger partial charge in [0.2, 0.25) is 5.96 Å². The summed E-state index contributed by atoms with van der Waals surface area (Å²) in [4.78, 5) is 15.9. The highest BCUT2D eigenvalue weighted by atomic mass is 19.4. The maximum Gasteiger partial charge on any atom is 0.416 e. The first-order valence-electron chi connectivity index (χ1n) is 12.8. The molecule has 2 aliphatic rings. The summed E-state index contributed by atoms with van der Waals surface area (Å²) in [6, 6.07) is 4.22. The highest BCUT2D eigenvalue weighted by Crippen LogP contribution is 2.44. The molecule has 0 saturated heterocycles. The number of benzene rings is 2. The Morgan fingerprint density at radius 1 is 1.07 bits per heavy atom. The molecule has 4 rings (SSSR count). The number of carbonyl (C=O) groups excluding carboxylic acids is 1. The summed E-state index contributed by atoms with van der Waals surface area (Å²) < 4.78 is 86.6. The Kier molecular flexibility index (Phi) is 8.13. The summed E-state index contributed by atoms with van der Waals surface area (Å²) in [5, 5.41) is 11.5. The van der Waals surface area contributed by atoms with Crippen LogP contribution in [0.15, 0.2) is 35.4 Å². The lowest BCUT2D eigenvalue weighted by molar-refractivity contribution is -0.143. The number of anilines is 1. The van der Waals surface area contributed by atoms with Crippen LogP contribution >= 0.6 is 0 Å². The standard InChI is InChI=1S/C27H29F6N5O2/c1-15(2)40-25(39)37-10-4-7-22(21-9-8-17-5-3-6-20(17)23(21)37)38(24(34)36-35)14-16-11-18(26(28,29)30)13-19(12-16)27(31,32)33/h8-9,11-13,15,22,34-35H,3-7,10,14H2,1-2H3. The first kappa shape index (κ1) is 29.3. The molecular formula is C27H29F6N5O2. The monoisotopic (exact) mass is 569 g/mol. The maximum absolute atomic E-state index is 13.5. The lowest BCUT2D eigenvalue weighted by atomic mass is 9.94. The molecule has 216 valence electrons. The van der Waals surface area contributed by atoms with E-state index in [0.29, 0.717) is 42.6 Å². The van der Waals surface area contributed by atoms with E-state index in [1.165, 1.54) is 9.80 Å². The normalized spacial score (nSPS) is 17.2.